The minimum atomic E-state index is -0.290. The summed E-state index contributed by atoms with van der Waals surface area (Å²) >= 11 is 0. The first-order chi connectivity index (χ1) is 19.4. The number of carbonyl (C=O) groups excluding carboxylic acids is 2. The van der Waals surface area contributed by atoms with Crippen LogP contribution in [-0.4, -0.2) is 54.9 Å². The third-order valence-electron chi connectivity index (χ3n) is 7.12. The molecule has 1 saturated carbocycles. The number of hydrogen-bond donors (Lipinski definition) is 2. The lowest BCUT2D eigenvalue weighted by Crippen LogP contribution is -2.27. The Bertz CT molecular complexity index is 1620. The van der Waals surface area contributed by atoms with Gasteiger partial charge in [-0.25, -0.2) is 9.67 Å². The van der Waals surface area contributed by atoms with Crippen molar-refractivity contribution in [1.82, 2.24) is 29.6 Å². The maximum Gasteiger partial charge on any atom is 0.258 e. The predicted molar refractivity (Wildman–Crippen MR) is 149 cm³/mol. The van der Waals surface area contributed by atoms with Crippen LogP contribution in [0.25, 0.3) is 22.3 Å². The summed E-state index contributed by atoms with van der Waals surface area (Å²) in [7, 11) is 1.83. The van der Waals surface area contributed by atoms with E-state index in [-0.39, 0.29) is 24.0 Å². The lowest BCUT2D eigenvalue weighted by Gasteiger charge is -2.13. The fourth-order valence-corrected chi connectivity index (χ4v) is 5.02. The molecule has 0 saturated heterocycles. The molecule has 11 nitrogen and oxygen atoms in total. The largest absolute Gasteiger partial charge is 0.486 e. The summed E-state index contributed by atoms with van der Waals surface area (Å²) in [4.78, 5) is 34.7. The molecule has 11 heteroatoms. The van der Waals surface area contributed by atoms with Gasteiger partial charge in [-0.15, -0.1) is 0 Å². The minimum Gasteiger partial charge on any atom is -0.486 e. The molecule has 1 aliphatic heterocycles. The number of amides is 2. The van der Waals surface area contributed by atoms with Crippen molar-refractivity contribution in [1.29, 1.82) is 0 Å². The number of anilines is 1. The Kier molecular flexibility index (Phi) is 6.71. The number of para-hydroxylation sites is 1. The molecule has 2 atom stereocenters. The Hall–Kier alpha value is -4.67. The number of rotatable bonds is 4. The quantitative estimate of drug-likeness (QED) is 0.377. The van der Waals surface area contributed by atoms with Gasteiger partial charge in [-0.05, 0) is 56.5 Å². The molecule has 2 aliphatic rings. The SMILES string of the molecule is C=CC(=O)NC1CC1Oc1cccc2nc3n(c12)CCCCCOc1c(cnn1C)-c1cc(cc(C)n1)C(=O)N3. The minimum absolute atomic E-state index is 0.0609. The summed E-state index contributed by atoms with van der Waals surface area (Å²) < 4.78 is 16.1. The van der Waals surface area contributed by atoms with Crippen LogP contribution >= 0.6 is 0 Å². The Morgan fingerprint density at radius 1 is 1.25 bits per heavy atom. The molecule has 4 aromatic rings. The zero-order chi connectivity index (χ0) is 27.8. The van der Waals surface area contributed by atoms with Crippen molar-refractivity contribution in [2.75, 3.05) is 11.9 Å². The molecule has 2 N–H and O–H groups in total. The summed E-state index contributed by atoms with van der Waals surface area (Å²) in [5, 5.41) is 10.3. The first-order valence-corrected chi connectivity index (χ1v) is 13.5. The highest BCUT2D eigenvalue weighted by molar-refractivity contribution is 6.05. The van der Waals surface area contributed by atoms with E-state index in [1.54, 1.807) is 23.0 Å². The normalized spacial score (nSPS) is 18.8. The number of benzene rings is 1. The van der Waals surface area contributed by atoms with E-state index < -0.39 is 0 Å². The average molecular weight is 542 g/mol. The van der Waals surface area contributed by atoms with Gasteiger partial charge in [0, 0.05) is 31.3 Å². The first kappa shape index (κ1) is 25.6. The Balaban J connectivity index is 1.35. The Morgan fingerprint density at radius 3 is 2.98 bits per heavy atom. The summed E-state index contributed by atoms with van der Waals surface area (Å²) in [5.41, 5.74) is 4.05. The molecule has 2 unspecified atom stereocenters. The maximum absolute atomic E-state index is 13.5. The topological polar surface area (TPSA) is 125 Å². The average Bonchev–Trinajstić information content (AvgIpc) is 3.39. The van der Waals surface area contributed by atoms with E-state index in [0.717, 1.165) is 42.3 Å². The van der Waals surface area contributed by atoms with Gasteiger partial charge in [0.1, 0.15) is 17.4 Å². The van der Waals surface area contributed by atoms with Crippen molar-refractivity contribution in [3.63, 3.8) is 0 Å². The Labute approximate surface area is 231 Å². The molecule has 2 bridgehead atoms. The van der Waals surface area contributed by atoms with Gasteiger partial charge in [-0.2, -0.15) is 5.10 Å². The monoisotopic (exact) mass is 541 g/mol. The molecule has 1 aliphatic carbocycles. The molecule has 1 aromatic carbocycles. The van der Waals surface area contributed by atoms with Gasteiger partial charge in [0.15, 0.2) is 0 Å². The van der Waals surface area contributed by atoms with Gasteiger partial charge in [0.2, 0.25) is 17.7 Å². The molecule has 0 spiro atoms. The van der Waals surface area contributed by atoms with E-state index >= 15 is 0 Å². The van der Waals surface area contributed by atoms with E-state index in [1.807, 2.05) is 36.7 Å². The molecule has 0 radical (unpaired) electrons. The number of pyridine rings is 1. The number of hydrogen-bond acceptors (Lipinski definition) is 7. The molecule has 1 fully saturated rings. The predicted octanol–water partition coefficient (Wildman–Crippen LogP) is 3.78. The van der Waals surface area contributed by atoms with E-state index in [0.29, 0.717) is 47.7 Å². The van der Waals surface area contributed by atoms with Crippen LogP contribution in [0.5, 0.6) is 11.6 Å². The van der Waals surface area contributed by atoms with Crippen LogP contribution in [0.15, 0.2) is 49.2 Å². The van der Waals surface area contributed by atoms with Crippen molar-refractivity contribution >= 4 is 28.8 Å². The number of aryl methyl sites for hydroxylation is 3. The lowest BCUT2D eigenvalue weighted by atomic mass is 10.1. The van der Waals surface area contributed by atoms with Crippen LogP contribution in [-0.2, 0) is 18.4 Å². The van der Waals surface area contributed by atoms with Crippen molar-refractivity contribution in [2.24, 2.45) is 7.05 Å². The van der Waals surface area contributed by atoms with Gasteiger partial charge in [0.25, 0.3) is 5.91 Å². The molecule has 3 aromatic heterocycles. The number of fused-ring (bicyclic) bond motifs is 7. The van der Waals surface area contributed by atoms with Crippen molar-refractivity contribution in [3.8, 4) is 22.9 Å². The van der Waals surface area contributed by atoms with E-state index in [4.69, 9.17) is 14.5 Å². The van der Waals surface area contributed by atoms with Crippen LogP contribution in [0, 0.1) is 6.92 Å². The summed E-state index contributed by atoms with van der Waals surface area (Å²) in [6.07, 6.45) is 6.16. The van der Waals surface area contributed by atoms with Gasteiger partial charge in [-0.1, -0.05) is 12.6 Å². The second kappa shape index (κ2) is 10.5. The Morgan fingerprint density at radius 2 is 2.12 bits per heavy atom. The van der Waals surface area contributed by atoms with Crippen LogP contribution < -0.4 is 20.1 Å². The maximum atomic E-state index is 13.5. The van der Waals surface area contributed by atoms with Gasteiger partial charge in [-0.3, -0.25) is 19.9 Å². The van der Waals surface area contributed by atoms with Gasteiger partial charge >= 0.3 is 0 Å². The fraction of sp³-hybridized carbons (Fsp3) is 0.345. The van der Waals surface area contributed by atoms with Gasteiger partial charge in [0.05, 0.1) is 35.6 Å². The molecule has 40 heavy (non-hydrogen) atoms. The number of imidazole rings is 1. The van der Waals surface area contributed by atoms with Crippen molar-refractivity contribution < 1.29 is 19.1 Å². The van der Waals surface area contributed by atoms with Gasteiger partial charge < -0.3 is 19.4 Å². The molecular weight excluding hydrogens is 510 g/mol. The van der Waals surface area contributed by atoms with Crippen LogP contribution in [0.3, 0.4) is 0 Å². The second-order valence-corrected chi connectivity index (χ2v) is 10.2. The zero-order valence-electron chi connectivity index (χ0n) is 22.5. The standard InChI is InChI=1S/C29H31N7O4/c1-4-25(37)32-22-15-24(22)40-23-10-8-9-20-26(23)36-11-6-5-7-12-39-28-19(16-30-35(28)3)21-14-18(13-17(2)31-21)27(38)34-29(36)33-20/h4,8-10,13-14,16,22,24H,1,5-7,11-12,15H2,2-3H3,(H,32,37)(H,33,34,38). The smallest absolute Gasteiger partial charge is 0.258 e. The molecule has 4 heterocycles. The number of ether oxygens (including phenoxy) is 2. The van der Waals surface area contributed by atoms with Crippen LogP contribution in [0.4, 0.5) is 5.95 Å². The fourth-order valence-electron chi connectivity index (χ4n) is 5.02. The van der Waals surface area contributed by atoms with Crippen LogP contribution in [0.1, 0.15) is 41.7 Å². The highest BCUT2D eigenvalue weighted by Gasteiger charge is 2.41. The lowest BCUT2D eigenvalue weighted by molar-refractivity contribution is -0.116. The second-order valence-electron chi connectivity index (χ2n) is 10.2. The summed E-state index contributed by atoms with van der Waals surface area (Å²) in [5.74, 6) is 1.24. The third kappa shape index (κ3) is 5.02. The van der Waals surface area contributed by atoms with E-state index in [2.05, 4.69) is 27.3 Å². The third-order valence-corrected chi connectivity index (χ3v) is 7.12. The highest BCUT2D eigenvalue weighted by Crippen LogP contribution is 2.35. The van der Waals surface area contributed by atoms with Crippen molar-refractivity contribution in [3.05, 3.63) is 60.4 Å². The number of nitrogens with zero attached hydrogens (tertiary/aromatic N) is 5. The van der Waals surface area contributed by atoms with Crippen LogP contribution in [0.2, 0.25) is 0 Å². The summed E-state index contributed by atoms with van der Waals surface area (Å²) in [6, 6.07) is 9.13. The first-order valence-electron chi connectivity index (χ1n) is 13.5. The van der Waals surface area contributed by atoms with E-state index in [1.165, 1.54) is 6.08 Å². The molecular formula is C29H31N7O4. The summed E-state index contributed by atoms with van der Waals surface area (Å²) in [6.45, 7) is 6.53. The van der Waals surface area contributed by atoms with Crippen molar-refractivity contribution in [2.45, 2.75) is 51.3 Å². The zero-order valence-corrected chi connectivity index (χ0v) is 22.5. The number of nitrogens with one attached hydrogen (secondary N) is 2. The highest BCUT2D eigenvalue weighted by atomic mass is 16.5. The number of aromatic nitrogens is 5. The molecule has 2 amide bonds. The molecule has 6 rings (SSSR count). The van der Waals surface area contributed by atoms with E-state index in [9.17, 15) is 9.59 Å². The molecule has 206 valence electrons. The number of carbonyl (C=O) groups is 2.